The lowest BCUT2D eigenvalue weighted by molar-refractivity contribution is -0.233. The van der Waals surface area contributed by atoms with Crippen LogP contribution < -0.4 is 15.8 Å². The largest absolute Gasteiger partial charge is 0.508 e. The van der Waals surface area contributed by atoms with E-state index in [4.69, 9.17) is 9.68 Å². The van der Waals surface area contributed by atoms with Crippen molar-refractivity contribution in [3.05, 3.63) is 48.6 Å². The van der Waals surface area contributed by atoms with Crippen LogP contribution in [-0.2, 0) is 4.84 Å². The molecule has 118 valence electrons. The van der Waals surface area contributed by atoms with Gasteiger partial charge in [0.1, 0.15) is 11.5 Å². The van der Waals surface area contributed by atoms with Gasteiger partial charge in [-0.2, -0.15) is 0 Å². The molecule has 2 aliphatic rings. The standard InChI is InChI=1S/C16H21N3O3/c20-14-4-6-15(7-5-14)21-18-22-16(8-2-1-3-9-16)19-12-10-17-11-13-19/h1-8,17-18,20H,9-13H2. The van der Waals surface area contributed by atoms with Crippen molar-refractivity contribution in [2.24, 2.45) is 0 Å². The van der Waals surface area contributed by atoms with E-state index in [0.29, 0.717) is 5.75 Å². The molecule has 1 aromatic rings. The summed E-state index contributed by atoms with van der Waals surface area (Å²) in [5.74, 6) is 0.773. The van der Waals surface area contributed by atoms with Gasteiger partial charge in [0, 0.05) is 32.6 Å². The summed E-state index contributed by atoms with van der Waals surface area (Å²) in [5, 5.41) is 12.6. The summed E-state index contributed by atoms with van der Waals surface area (Å²) in [7, 11) is 0. The molecule has 1 fully saturated rings. The summed E-state index contributed by atoms with van der Waals surface area (Å²) in [5.41, 5.74) is 2.07. The van der Waals surface area contributed by atoms with Crippen molar-refractivity contribution in [3.8, 4) is 11.5 Å². The van der Waals surface area contributed by atoms with E-state index in [0.717, 1.165) is 32.6 Å². The van der Waals surface area contributed by atoms with E-state index >= 15 is 0 Å². The third-order valence-corrected chi connectivity index (χ3v) is 3.88. The van der Waals surface area contributed by atoms with Crippen molar-refractivity contribution >= 4 is 0 Å². The average molecular weight is 303 g/mol. The number of aromatic hydroxyl groups is 1. The van der Waals surface area contributed by atoms with Gasteiger partial charge in [0.25, 0.3) is 0 Å². The fourth-order valence-electron chi connectivity index (χ4n) is 2.66. The zero-order chi connectivity index (χ0) is 15.3. The lowest BCUT2D eigenvalue weighted by Crippen LogP contribution is -2.58. The quantitative estimate of drug-likeness (QED) is 0.713. The monoisotopic (exact) mass is 303 g/mol. The normalized spacial score (nSPS) is 25.3. The van der Waals surface area contributed by atoms with Crippen molar-refractivity contribution in [3.63, 3.8) is 0 Å². The van der Waals surface area contributed by atoms with E-state index in [1.165, 1.54) is 0 Å². The number of phenolic OH excluding ortho intramolecular Hbond substituents is 1. The molecule has 0 spiro atoms. The molecule has 1 aromatic carbocycles. The van der Waals surface area contributed by atoms with Crippen LogP contribution in [0.3, 0.4) is 0 Å². The number of rotatable bonds is 5. The SMILES string of the molecule is Oc1ccc(ONOC2(N3CCNCC3)C=CC=CC2)cc1. The Kier molecular flexibility index (Phi) is 4.74. The van der Waals surface area contributed by atoms with Gasteiger partial charge in [-0.15, -0.1) is 0 Å². The minimum absolute atomic E-state index is 0.200. The predicted molar refractivity (Wildman–Crippen MR) is 83.0 cm³/mol. The Morgan fingerprint density at radius 2 is 1.91 bits per heavy atom. The second kappa shape index (κ2) is 6.93. The molecule has 1 heterocycles. The third kappa shape index (κ3) is 3.48. The van der Waals surface area contributed by atoms with Crippen LogP contribution in [0.2, 0.25) is 0 Å². The molecule has 6 nitrogen and oxygen atoms in total. The molecule has 0 amide bonds. The first-order valence-electron chi connectivity index (χ1n) is 7.48. The fraction of sp³-hybridized carbons (Fsp3) is 0.375. The van der Waals surface area contributed by atoms with Gasteiger partial charge in [-0.1, -0.05) is 18.2 Å². The summed E-state index contributed by atoms with van der Waals surface area (Å²) in [4.78, 5) is 13.6. The number of allylic oxidation sites excluding steroid dienone is 2. The van der Waals surface area contributed by atoms with Crippen molar-refractivity contribution in [2.75, 3.05) is 26.2 Å². The molecule has 0 saturated carbocycles. The number of benzene rings is 1. The Morgan fingerprint density at radius 1 is 1.14 bits per heavy atom. The van der Waals surface area contributed by atoms with Gasteiger partial charge in [0.15, 0.2) is 5.72 Å². The maximum Gasteiger partial charge on any atom is 0.168 e. The van der Waals surface area contributed by atoms with Crippen LogP contribution in [0.25, 0.3) is 0 Å². The summed E-state index contributed by atoms with van der Waals surface area (Å²) < 4.78 is 0. The maximum atomic E-state index is 9.26. The van der Waals surface area contributed by atoms with Gasteiger partial charge in [-0.05, 0) is 36.0 Å². The summed E-state index contributed by atoms with van der Waals surface area (Å²) in [6, 6.07) is 6.46. The molecule has 1 aliphatic carbocycles. The minimum atomic E-state index is -0.534. The van der Waals surface area contributed by atoms with Crippen LogP contribution >= 0.6 is 0 Å². The number of phenols is 1. The molecule has 1 unspecified atom stereocenters. The molecular formula is C16H21N3O3. The molecule has 1 saturated heterocycles. The van der Waals surface area contributed by atoms with Crippen LogP contribution in [0, 0.1) is 0 Å². The Balaban J connectivity index is 1.62. The maximum absolute atomic E-state index is 9.26. The lowest BCUT2D eigenvalue weighted by Gasteiger charge is -2.43. The number of nitrogens with zero attached hydrogens (tertiary/aromatic N) is 1. The van der Waals surface area contributed by atoms with Gasteiger partial charge in [-0.3, -0.25) is 4.90 Å². The van der Waals surface area contributed by atoms with Crippen molar-refractivity contribution in [1.29, 1.82) is 0 Å². The van der Waals surface area contributed by atoms with E-state index < -0.39 is 5.72 Å². The second-order valence-electron chi connectivity index (χ2n) is 5.35. The number of hydrogen-bond acceptors (Lipinski definition) is 6. The van der Waals surface area contributed by atoms with Gasteiger partial charge < -0.3 is 15.3 Å². The Bertz CT molecular complexity index is 538. The molecule has 0 radical (unpaired) electrons. The van der Waals surface area contributed by atoms with Crippen molar-refractivity contribution in [1.82, 2.24) is 15.9 Å². The molecule has 0 bridgehead atoms. The summed E-state index contributed by atoms with van der Waals surface area (Å²) in [6.45, 7) is 3.72. The highest BCUT2D eigenvalue weighted by Gasteiger charge is 2.37. The van der Waals surface area contributed by atoms with Gasteiger partial charge >= 0.3 is 0 Å². The highest BCUT2D eigenvalue weighted by atomic mass is 16.9. The lowest BCUT2D eigenvalue weighted by atomic mass is 10.0. The van der Waals surface area contributed by atoms with E-state index in [1.807, 2.05) is 18.2 Å². The number of piperazine rings is 1. The van der Waals surface area contributed by atoms with Crippen LogP contribution in [0.1, 0.15) is 6.42 Å². The molecule has 3 rings (SSSR count). The molecule has 6 heteroatoms. The van der Waals surface area contributed by atoms with Crippen molar-refractivity contribution < 1.29 is 14.8 Å². The zero-order valence-electron chi connectivity index (χ0n) is 12.4. The van der Waals surface area contributed by atoms with Crippen LogP contribution in [0.4, 0.5) is 0 Å². The third-order valence-electron chi connectivity index (χ3n) is 3.88. The molecule has 1 aliphatic heterocycles. The highest BCUT2D eigenvalue weighted by Crippen LogP contribution is 2.27. The van der Waals surface area contributed by atoms with Gasteiger partial charge in [0.2, 0.25) is 0 Å². The van der Waals surface area contributed by atoms with Crippen LogP contribution in [0.15, 0.2) is 48.6 Å². The molecular weight excluding hydrogens is 282 g/mol. The van der Waals surface area contributed by atoms with Crippen LogP contribution in [0.5, 0.6) is 11.5 Å². The summed E-state index contributed by atoms with van der Waals surface area (Å²) in [6.07, 6.45) is 8.91. The zero-order valence-corrected chi connectivity index (χ0v) is 12.4. The number of hydrogen-bond donors (Lipinski definition) is 3. The van der Waals surface area contributed by atoms with Crippen LogP contribution in [-0.4, -0.2) is 41.9 Å². The first-order valence-corrected chi connectivity index (χ1v) is 7.48. The van der Waals surface area contributed by atoms with Gasteiger partial charge in [-0.25, -0.2) is 4.84 Å². The van der Waals surface area contributed by atoms with Crippen molar-refractivity contribution in [2.45, 2.75) is 12.1 Å². The topological polar surface area (TPSA) is 66.0 Å². The van der Waals surface area contributed by atoms with Gasteiger partial charge in [0.05, 0.1) is 0 Å². The average Bonchev–Trinajstić information content (AvgIpc) is 2.58. The first-order chi connectivity index (χ1) is 10.8. The minimum Gasteiger partial charge on any atom is -0.508 e. The fourth-order valence-corrected chi connectivity index (χ4v) is 2.66. The Hall–Kier alpha value is -1.86. The number of nitrogens with one attached hydrogen (secondary N) is 2. The van der Waals surface area contributed by atoms with E-state index in [1.54, 1.807) is 24.3 Å². The highest BCUT2D eigenvalue weighted by molar-refractivity contribution is 5.29. The summed E-state index contributed by atoms with van der Waals surface area (Å²) >= 11 is 0. The first kappa shape index (κ1) is 15.1. The van der Waals surface area contributed by atoms with E-state index in [-0.39, 0.29) is 5.75 Å². The predicted octanol–water partition coefficient (Wildman–Crippen LogP) is 1.32. The Morgan fingerprint density at radius 3 is 2.59 bits per heavy atom. The van der Waals surface area contributed by atoms with E-state index in [2.05, 4.69) is 21.9 Å². The molecule has 3 N–H and O–H groups in total. The smallest absolute Gasteiger partial charge is 0.168 e. The second-order valence-corrected chi connectivity index (χ2v) is 5.35. The Labute approximate surface area is 129 Å². The molecule has 0 aromatic heterocycles. The van der Waals surface area contributed by atoms with E-state index in [9.17, 15) is 5.11 Å². The molecule has 1 atom stereocenters. The molecule has 22 heavy (non-hydrogen) atoms.